The molecule has 3 aromatic rings. The van der Waals surface area contributed by atoms with Gasteiger partial charge in [-0.2, -0.15) is 0 Å². The predicted octanol–water partition coefficient (Wildman–Crippen LogP) is 4.79. The van der Waals surface area contributed by atoms with Gasteiger partial charge in [-0.3, -0.25) is 9.59 Å². The van der Waals surface area contributed by atoms with Gasteiger partial charge in [0.25, 0.3) is 5.91 Å². The highest BCUT2D eigenvalue weighted by Crippen LogP contribution is 2.50. The summed E-state index contributed by atoms with van der Waals surface area (Å²) in [6, 6.07) is 20.7. The van der Waals surface area contributed by atoms with Gasteiger partial charge in [-0.15, -0.1) is 0 Å². The molecule has 0 saturated carbocycles. The van der Waals surface area contributed by atoms with Crippen LogP contribution < -0.4 is 14.4 Å². The van der Waals surface area contributed by atoms with E-state index in [1.54, 1.807) is 62.6 Å². The summed E-state index contributed by atoms with van der Waals surface area (Å²) >= 11 is 0. The van der Waals surface area contributed by atoms with Crippen molar-refractivity contribution >= 4 is 23.7 Å². The number of carbonyl (C=O) groups is 3. The fraction of sp³-hybridized carbons (Fsp3) is 0.207. The number of anilines is 1. The number of imide groups is 1. The normalized spacial score (nSPS) is 16.1. The van der Waals surface area contributed by atoms with Crippen molar-refractivity contribution in [2.45, 2.75) is 18.9 Å². The zero-order valence-electron chi connectivity index (χ0n) is 20.6. The van der Waals surface area contributed by atoms with Crippen LogP contribution in [0.15, 0.2) is 85.5 Å². The molecule has 0 fully saturated rings. The number of para-hydroxylation sites is 2. The molecule has 1 heterocycles. The molecule has 0 N–H and O–H groups in total. The highest BCUT2D eigenvalue weighted by Gasteiger charge is 2.61. The first-order valence-corrected chi connectivity index (χ1v) is 11.7. The van der Waals surface area contributed by atoms with Crippen LogP contribution in [-0.4, -0.2) is 38.3 Å². The Bertz CT molecular complexity index is 1320. The van der Waals surface area contributed by atoms with E-state index >= 15 is 0 Å². The van der Waals surface area contributed by atoms with Crippen LogP contribution in [0.4, 0.5) is 10.5 Å². The molecule has 1 aliphatic rings. The molecule has 3 aromatic carbocycles. The largest absolute Gasteiger partial charge is 0.497 e. The minimum Gasteiger partial charge on any atom is -0.497 e. The van der Waals surface area contributed by atoms with Crippen LogP contribution in [0, 0.1) is 0 Å². The van der Waals surface area contributed by atoms with E-state index in [1.807, 2.05) is 24.3 Å². The summed E-state index contributed by atoms with van der Waals surface area (Å²) in [4.78, 5) is 41.7. The van der Waals surface area contributed by atoms with Gasteiger partial charge in [-0.05, 0) is 36.8 Å². The summed E-state index contributed by atoms with van der Waals surface area (Å²) < 4.78 is 22.0. The average Bonchev–Trinajstić information content (AvgIpc) is 3.19. The van der Waals surface area contributed by atoms with Crippen molar-refractivity contribution in [2.24, 2.45) is 0 Å². The molecule has 1 aliphatic heterocycles. The lowest BCUT2D eigenvalue weighted by molar-refractivity contribution is -0.151. The Labute approximate surface area is 215 Å². The molecule has 190 valence electrons. The number of carbonyl (C=O) groups excluding carboxylic acids is 3. The Balaban J connectivity index is 1.83. The van der Waals surface area contributed by atoms with Crippen molar-refractivity contribution in [3.8, 4) is 11.5 Å². The van der Waals surface area contributed by atoms with E-state index in [1.165, 1.54) is 6.08 Å². The molecule has 0 saturated heterocycles. The number of amides is 2. The molecular formula is C29H27NO7. The SMILES string of the molecule is C=CCOC(=O)N1C(=O)C(C(=O)OCC)(c2ccccc2OCc2ccc(OC)cc2)c2ccccc21. The molecule has 4 rings (SSSR count). The Morgan fingerprint density at radius 2 is 1.62 bits per heavy atom. The van der Waals surface area contributed by atoms with Gasteiger partial charge in [0.2, 0.25) is 5.41 Å². The van der Waals surface area contributed by atoms with Crippen molar-refractivity contribution < 1.29 is 33.3 Å². The van der Waals surface area contributed by atoms with Crippen molar-refractivity contribution in [3.05, 3.63) is 102 Å². The fourth-order valence-electron chi connectivity index (χ4n) is 4.35. The third kappa shape index (κ3) is 4.53. The van der Waals surface area contributed by atoms with Gasteiger partial charge in [-0.1, -0.05) is 61.2 Å². The molecule has 0 aromatic heterocycles. The Morgan fingerprint density at radius 3 is 2.30 bits per heavy atom. The van der Waals surface area contributed by atoms with Crippen molar-refractivity contribution in [1.82, 2.24) is 0 Å². The number of methoxy groups -OCH3 is 1. The maximum absolute atomic E-state index is 14.1. The first-order valence-electron chi connectivity index (χ1n) is 11.7. The molecule has 0 bridgehead atoms. The Hall–Kier alpha value is -4.59. The van der Waals surface area contributed by atoms with E-state index in [2.05, 4.69) is 6.58 Å². The molecule has 1 unspecified atom stereocenters. The second-order valence-electron chi connectivity index (χ2n) is 8.13. The zero-order chi connectivity index (χ0) is 26.4. The van der Waals surface area contributed by atoms with E-state index in [0.717, 1.165) is 10.5 Å². The highest BCUT2D eigenvalue weighted by molar-refractivity contribution is 6.30. The topological polar surface area (TPSA) is 91.4 Å². The summed E-state index contributed by atoms with van der Waals surface area (Å²) in [5.41, 5.74) is -0.322. The van der Waals surface area contributed by atoms with Gasteiger partial charge in [0.1, 0.15) is 24.7 Å². The zero-order valence-corrected chi connectivity index (χ0v) is 20.6. The van der Waals surface area contributed by atoms with Crippen LogP contribution in [-0.2, 0) is 31.1 Å². The number of fused-ring (bicyclic) bond motifs is 1. The van der Waals surface area contributed by atoms with E-state index in [-0.39, 0.29) is 31.1 Å². The molecule has 0 radical (unpaired) electrons. The maximum atomic E-state index is 14.1. The first kappa shape index (κ1) is 25.5. The van der Waals surface area contributed by atoms with Gasteiger partial charge in [0.15, 0.2) is 0 Å². The molecule has 0 spiro atoms. The summed E-state index contributed by atoms with van der Waals surface area (Å²) in [6.45, 7) is 5.29. The van der Waals surface area contributed by atoms with Gasteiger partial charge in [-0.25, -0.2) is 9.69 Å². The third-order valence-electron chi connectivity index (χ3n) is 6.01. The van der Waals surface area contributed by atoms with Gasteiger partial charge < -0.3 is 18.9 Å². The van der Waals surface area contributed by atoms with Gasteiger partial charge in [0, 0.05) is 11.1 Å². The number of nitrogens with zero attached hydrogens (tertiary/aromatic N) is 1. The first-order chi connectivity index (χ1) is 18.0. The number of esters is 1. The van der Waals surface area contributed by atoms with Crippen LogP contribution >= 0.6 is 0 Å². The molecule has 37 heavy (non-hydrogen) atoms. The van der Waals surface area contributed by atoms with Gasteiger partial charge >= 0.3 is 12.1 Å². The second kappa shape index (κ2) is 11.0. The number of hydrogen-bond donors (Lipinski definition) is 0. The highest BCUT2D eigenvalue weighted by atomic mass is 16.6. The lowest BCUT2D eigenvalue weighted by atomic mass is 9.74. The summed E-state index contributed by atoms with van der Waals surface area (Å²) in [5, 5.41) is 0. The Kier molecular flexibility index (Phi) is 7.57. The smallest absolute Gasteiger partial charge is 0.421 e. The summed E-state index contributed by atoms with van der Waals surface area (Å²) in [5.74, 6) is -0.605. The van der Waals surface area contributed by atoms with E-state index in [9.17, 15) is 14.4 Å². The lowest BCUT2D eigenvalue weighted by Gasteiger charge is -2.28. The third-order valence-corrected chi connectivity index (χ3v) is 6.01. The van der Waals surface area contributed by atoms with Crippen molar-refractivity contribution in [2.75, 3.05) is 25.2 Å². The Morgan fingerprint density at radius 1 is 0.946 bits per heavy atom. The van der Waals surface area contributed by atoms with Crippen LogP contribution in [0.5, 0.6) is 11.5 Å². The maximum Gasteiger partial charge on any atom is 0.421 e. The minimum absolute atomic E-state index is 0.0335. The van der Waals surface area contributed by atoms with Gasteiger partial charge in [0.05, 0.1) is 19.4 Å². The lowest BCUT2D eigenvalue weighted by Crippen LogP contribution is -2.50. The van der Waals surface area contributed by atoms with Crippen molar-refractivity contribution in [1.29, 1.82) is 0 Å². The number of rotatable bonds is 9. The second-order valence-corrected chi connectivity index (χ2v) is 8.13. The molecule has 2 amide bonds. The molecular weight excluding hydrogens is 474 g/mol. The fourth-order valence-corrected chi connectivity index (χ4v) is 4.35. The monoisotopic (exact) mass is 501 g/mol. The minimum atomic E-state index is -1.98. The average molecular weight is 502 g/mol. The summed E-state index contributed by atoms with van der Waals surface area (Å²) in [6.07, 6.45) is 0.478. The van der Waals surface area contributed by atoms with Crippen LogP contribution in [0.2, 0.25) is 0 Å². The van der Waals surface area contributed by atoms with Crippen molar-refractivity contribution in [3.63, 3.8) is 0 Å². The molecule has 0 aliphatic carbocycles. The summed E-state index contributed by atoms with van der Waals surface area (Å²) in [7, 11) is 1.59. The molecule has 8 nitrogen and oxygen atoms in total. The van der Waals surface area contributed by atoms with E-state index < -0.39 is 23.4 Å². The van der Waals surface area contributed by atoms with E-state index in [0.29, 0.717) is 17.1 Å². The van der Waals surface area contributed by atoms with Crippen LogP contribution in [0.1, 0.15) is 23.6 Å². The molecule has 1 atom stereocenters. The number of benzene rings is 3. The van der Waals surface area contributed by atoms with E-state index in [4.69, 9.17) is 18.9 Å². The quantitative estimate of drug-likeness (QED) is 0.236. The number of hydrogen-bond acceptors (Lipinski definition) is 7. The standard InChI is InChI=1S/C29H27NO7/c1-4-18-36-28(33)30-24-12-8-6-10-22(24)29(26(30)31,27(32)35-5-2)23-11-7-9-13-25(23)37-19-20-14-16-21(34-3)17-15-20/h4,6-17H,1,5,18-19H2,2-3H3. The van der Waals surface area contributed by atoms with Crippen LogP contribution in [0.25, 0.3) is 0 Å². The molecule has 8 heteroatoms. The predicted molar refractivity (Wildman–Crippen MR) is 137 cm³/mol. The number of ether oxygens (including phenoxy) is 4. The van der Waals surface area contributed by atoms with Crippen LogP contribution in [0.3, 0.4) is 0 Å².